The van der Waals surface area contributed by atoms with Crippen molar-refractivity contribution >= 4 is 17.8 Å². The molecule has 0 radical (unpaired) electrons. The van der Waals surface area contributed by atoms with E-state index in [1.165, 1.54) is 0 Å². The van der Waals surface area contributed by atoms with Crippen molar-refractivity contribution in [2.75, 3.05) is 7.11 Å². The van der Waals surface area contributed by atoms with Crippen LogP contribution < -0.4 is 16.6 Å². The summed E-state index contributed by atoms with van der Waals surface area (Å²) in [6, 6.07) is -0.546. The second-order valence-corrected chi connectivity index (χ2v) is 3.98. The van der Waals surface area contributed by atoms with Crippen molar-refractivity contribution in [2.24, 2.45) is 0 Å². The maximum atomic E-state index is 11.8. The quantitative estimate of drug-likeness (QED) is 0.451. The maximum Gasteiger partial charge on any atom is 0.326 e. The predicted octanol–water partition coefficient (Wildman–Crippen LogP) is -1.80. The molecule has 10 nitrogen and oxygen atoms in total. The van der Waals surface area contributed by atoms with Crippen molar-refractivity contribution in [3.8, 4) is 0 Å². The van der Waals surface area contributed by atoms with E-state index in [1.54, 1.807) is 0 Å². The first-order valence-electron chi connectivity index (χ1n) is 5.77. The summed E-state index contributed by atoms with van der Waals surface area (Å²) in [7, 11) is 1.15. The van der Waals surface area contributed by atoms with Crippen molar-refractivity contribution in [3.05, 3.63) is 32.6 Å². The predicted molar refractivity (Wildman–Crippen MR) is 67.8 cm³/mol. The molecule has 0 saturated carbocycles. The van der Waals surface area contributed by atoms with Gasteiger partial charge in [-0.2, -0.15) is 0 Å². The Hall–Kier alpha value is -2.91. The van der Waals surface area contributed by atoms with Gasteiger partial charge in [0.25, 0.3) is 11.5 Å². The summed E-state index contributed by atoms with van der Waals surface area (Å²) in [5.74, 6) is -2.94. The van der Waals surface area contributed by atoms with E-state index in [2.05, 4.69) is 15.0 Å². The van der Waals surface area contributed by atoms with Gasteiger partial charge in [0.1, 0.15) is 11.7 Å². The zero-order valence-corrected chi connectivity index (χ0v) is 11.0. The number of carbonyl (C=O) groups is 3. The molecule has 0 unspecified atom stereocenters. The summed E-state index contributed by atoms with van der Waals surface area (Å²) in [5.41, 5.74) is -2.08. The van der Waals surface area contributed by atoms with Crippen molar-refractivity contribution in [2.45, 2.75) is 18.9 Å². The molecule has 0 aliphatic heterocycles. The summed E-state index contributed by atoms with van der Waals surface area (Å²) < 4.78 is 4.36. The molecular weight excluding hydrogens is 286 g/mol. The summed E-state index contributed by atoms with van der Waals surface area (Å²) in [4.78, 5) is 59.7. The molecule has 1 heterocycles. The molecule has 0 fully saturated rings. The van der Waals surface area contributed by atoms with Gasteiger partial charge in [-0.25, -0.2) is 9.59 Å². The van der Waals surface area contributed by atoms with Crippen LogP contribution in [-0.4, -0.2) is 46.1 Å². The van der Waals surface area contributed by atoms with Crippen LogP contribution in [0.3, 0.4) is 0 Å². The minimum Gasteiger partial charge on any atom is -0.480 e. The minimum atomic E-state index is -1.36. The van der Waals surface area contributed by atoms with Crippen molar-refractivity contribution < 1.29 is 24.2 Å². The van der Waals surface area contributed by atoms with E-state index in [1.807, 2.05) is 4.98 Å². The number of hydrogen-bond acceptors (Lipinski definition) is 6. The monoisotopic (exact) mass is 299 g/mol. The summed E-state index contributed by atoms with van der Waals surface area (Å²) >= 11 is 0. The van der Waals surface area contributed by atoms with Gasteiger partial charge in [-0.3, -0.25) is 19.4 Å². The standard InChI is InChI=1S/C11H13N3O7/c1-21-8(16)3-2-5(10(18)19)12-9(17)6-4-7(15)14-11(20)13-6/h4-5H,2-3H2,1H3,(H,12,17)(H,18,19)(H2,13,14,15,20)/t5-/m0/s1. The summed E-state index contributed by atoms with van der Waals surface area (Å²) in [6.07, 6.45) is -0.402. The number of rotatable bonds is 6. The van der Waals surface area contributed by atoms with Crippen LogP contribution in [0.15, 0.2) is 15.7 Å². The van der Waals surface area contributed by atoms with Crippen molar-refractivity contribution in [1.29, 1.82) is 0 Å². The Kier molecular flexibility index (Phi) is 5.40. The third-order valence-corrected chi connectivity index (χ3v) is 2.47. The molecule has 1 amide bonds. The first-order chi connectivity index (χ1) is 9.83. The molecule has 114 valence electrons. The molecule has 0 aliphatic rings. The average Bonchev–Trinajstić information content (AvgIpc) is 2.41. The fourth-order valence-corrected chi connectivity index (χ4v) is 1.45. The Balaban J connectivity index is 2.81. The lowest BCUT2D eigenvalue weighted by atomic mass is 10.1. The zero-order valence-electron chi connectivity index (χ0n) is 11.0. The van der Waals surface area contributed by atoms with E-state index >= 15 is 0 Å². The Morgan fingerprint density at radius 3 is 2.52 bits per heavy atom. The zero-order chi connectivity index (χ0) is 16.0. The summed E-state index contributed by atoms with van der Waals surface area (Å²) in [6.45, 7) is 0. The Labute approximate surface area is 117 Å². The van der Waals surface area contributed by atoms with Crippen LogP contribution in [0.2, 0.25) is 0 Å². The molecule has 1 atom stereocenters. The highest BCUT2D eigenvalue weighted by atomic mass is 16.5. The second-order valence-electron chi connectivity index (χ2n) is 3.98. The van der Waals surface area contributed by atoms with E-state index in [9.17, 15) is 24.0 Å². The van der Waals surface area contributed by atoms with Gasteiger partial charge in [-0.1, -0.05) is 0 Å². The third-order valence-electron chi connectivity index (χ3n) is 2.47. The van der Waals surface area contributed by atoms with Gasteiger partial charge in [-0.15, -0.1) is 0 Å². The average molecular weight is 299 g/mol. The number of carbonyl (C=O) groups excluding carboxylic acids is 2. The number of nitrogens with one attached hydrogen (secondary N) is 3. The fourth-order valence-electron chi connectivity index (χ4n) is 1.45. The lowest BCUT2D eigenvalue weighted by Crippen LogP contribution is -2.42. The SMILES string of the molecule is COC(=O)CC[C@H](NC(=O)c1cc(=O)[nH]c(=O)[nH]1)C(=O)O. The van der Waals surface area contributed by atoms with Crippen LogP contribution in [0.4, 0.5) is 0 Å². The molecule has 1 aromatic rings. The molecule has 0 saturated heterocycles. The van der Waals surface area contributed by atoms with Crippen LogP contribution in [0.1, 0.15) is 23.3 Å². The van der Waals surface area contributed by atoms with Crippen molar-refractivity contribution in [3.63, 3.8) is 0 Å². The number of ether oxygens (including phenoxy) is 1. The van der Waals surface area contributed by atoms with Gasteiger partial charge in [0, 0.05) is 12.5 Å². The van der Waals surface area contributed by atoms with Crippen molar-refractivity contribution in [1.82, 2.24) is 15.3 Å². The number of hydrogen-bond donors (Lipinski definition) is 4. The molecule has 0 aromatic carbocycles. The number of carboxylic acids is 1. The Morgan fingerprint density at radius 1 is 1.33 bits per heavy atom. The highest BCUT2D eigenvalue weighted by Gasteiger charge is 2.22. The molecule has 0 spiro atoms. The lowest BCUT2D eigenvalue weighted by Gasteiger charge is -2.13. The number of aliphatic carboxylic acids is 1. The number of amides is 1. The highest BCUT2D eigenvalue weighted by molar-refractivity contribution is 5.94. The minimum absolute atomic E-state index is 0.193. The van der Waals surface area contributed by atoms with E-state index < -0.39 is 35.1 Å². The molecular formula is C11H13N3O7. The molecule has 21 heavy (non-hydrogen) atoms. The van der Waals surface area contributed by atoms with Gasteiger partial charge >= 0.3 is 17.6 Å². The van der Waals surface area contributed by atoms with E-state index in [-0.39, 0.29) is 18.5 Å². The van der Waals surface area contributed by atoms with Gasteiger partial charge in [0.2, 0.25) is 0 Å². The number of esters is 1. The first-order valence-corrected chi connectivity index (χ1v) is 5.77. The smallest absolute Gasteiger partial charge is 0.326 e. The topological polar surface area (TPSA) is 158 Å². The van der Waals surface area contributed by atoms with Crippen LogP contribution in [0.5, 0.6) is 0 Å². The van der Waals surface area contributed by atoms with E-state index in [4.69, 9.17) is 5.11 Å². The normalized spacial score (nSPS) is 11.5. The molecule has 0 aliphatic carbocycles. The van der Waals surface area contributed by atoms with Crippen LogP contribution in [0, 0.1) is 0 Å². The maximum absolute atomic E-state index is 11.8. The molecule has 0 bridgehead atoms. The largest absolute Gasteiger partial charge is 0.480 e. The van der Waals surface area contributed by atoms with Crippen LogP contribution in [-0.2, 0) is 14.3 Å². The fraction of sp³-hybridized carbons (Fsp3) is 0.364. The van der Waals surface area contributed by atoms with Crippen LogP contribution >= 0.6 is 0 Å². The number of methoxy groups -OCH3 is 1. The molecule has 10 heteroatoms. The molecule has 4 N–H and O–H groups in total. The number of carboxylic acid groups (broad SMARTS) is 1. The lowest BCUT2D eigenvalue weighted by molar-refractivity contribution is -0.142. The van der Waals surface area contributed by atoms with Gasteiger partial charge in [0.15, 0.2) is 0 Å². The highest BCUT2D eigenvalue weighted by Crippen LogP contribution is 2.01. The Bertz CT molecular complexity index is 632. The Morgan fingerprint density at radius 2 is 2.00 bits per heavy atom. The molecule has 1 aromatic heterocycles. The van der Waals surface area contributed by atoms with Gasteiger partial charge in [0.05, 0.1) is 7.11 Å². The first kappa shape index (κ1) is 16.1. The number of aromatic nitrogens is 2. The third kappa shape index (κ3) is 4.93. The van der Waals surface area contributed by atoms with Gasteiger partial charge < -0.3 is 20.1 Å². The summed E-state index contributed by atoms with van der Waals surface area (Å²) in [5, 5.41) is 11.1. The van der Waals surface area contributed by atoms with E-state index in [0.717, 1.165) is 13.2 Å². The van der Waals surface area contributed by atoms with E-state index in [0.29, 0.717) is 0 Å². The number of H-pyrrole nitrogens is 2. The molecule has 1 rings (SSSR count). The van der Waals surface area contributed by atoms with Gasteiger partial charge in [-0.05, 0) is 6.42 Å². The van der Waals surface area contributed by atoms with Crippen LogP contribution in [0.25, 0.3) is 0 Å². The second kappa shape index (κ2) is 7.03. The number of aromatic amines is 2.